The molecule has 6 heteroatoms. The van der Waals surface area contributed by atoms with E-state index in [0.29, 0.717) is 24.6 Å². The summed E-state index contributed by atoms with van der Waals surface area (Å²) >= 11 is 0. The summed E-state index contributed by atoms with van der Waals surface area (Å²) in [5, 5.41) is 14.9. The van der Waals surface area contributed by atoms with E-state index in [1.165, 1.54) is 0 Å². The molecule has 1 heterocycles. The number of hydrogen-bond acceptors (Lipinski definition) is 5. The highest BCUT2D eigenvalue weighted by atomic mass is 16.6. The molecule has 2 N–H and O–H groups in total. The Morgan fingerprint density at radius 1 is 1.43 bits per heavy atom. The van der Waals surface area contributed by atoms with Crippen LogP contribution in [0.4, 0.5) is 4.79 Å². The van der Waals surface area contributed by atoms with Crippen molar-refractivity contribution in [2.24, 2.45) is 0 Å². The second-order valence-electron chi connectivity index (χ2n) is 6.48. The highest BCUT2D eigenvalue weighted by Gasteiger charge is 2.17. The van der Waals surface area contributed by atoms with Gasteiger partial charge in [0.25, 0.3) is 0 Å². The summed E-state index contributed by atoms with van der Waals surface area (Å²) in [5.41, 5.74) is -0.502. The van der Waals surface area contributed by atoms with Crippen LogP contribution in [0.2, 0.25) is 0 Å². The third-order valence-corrected chi connectivity index (χ3v) is 3.13. The first kappa shape index (κ1) is 19.0. The minimum absolute atomic E-state index is 0.123. The van der Waals surface area contributed by atoms with Crippen LogP contribution in [-0.4, -0.2) is 24.3 Å². The van der Waals surface area contributed by atoms with Gasteiger partial charge in [0, 0.05) is 12.6 Å². The van der Waals surface area contributed by atoms with Crippen LogP contribution in [0.25, 0.3) is 0 Å². The lowest BCUT2D eigenvalue weighted by atomic mass is 10.1. The summed E-state index contributed by atoms with van der Waals surface area (Å²) in [6.07, 6.45) is 2.68. The van der Waals surface area contributed by atoms with E-state index in [0.717, 1.165) is 19.3 Å². The van der Waals surface area contributed by atoms with Gasteiger partial charge < -0.3 is 19.8 Å². The van der Waals surface area contributed by atoms with Crippen LogP contribution in [-0.2, 0) is 11.3 Å². The smallest absolute Gasteiger partial charge is 0.407 e. The molecule has 0 fully saturated rings. The summed E-state index contributed by atoms with van der Waals surface area (Å²) in [5.74, 6) is 1.01. The lowest BCUT2D eigenvalue weighted by Gasteiger charge is -2.22. The molecule has 1 aromatic heterocycles. The molecule has 0 bridgehead atoms. The van der Waals surface area contributed by atoms with Gasteiger partial charge in [0.15, 0.2) is 0 Å². The van der Waals surface area contributed by atoms with Crippen molar-refractivity contribution in [1.82, 2.24) is 10.6 Å². The van der Waals surface area contributed by atoms with Gasteiger partial charge in [-0.15, -0.1) is 0 Å². The fourth-order valence-electron chi connectivity index (χ4n) is 2.03. The molecule has 0 aliphatic heterocycles. The van der Waals surface area contributed by atoms with Gasteiger partial charge in [-0.2, -0.15) is 5.26 Å². The Labute approximate surface area is 138 Å². The molecule has 1 aromatic rings. The number of ether oxygens (including phenoxy) is 1. The molecule has 1 rings (SSSR count). The average molecular weight is 321 g/mol. The zero-order valence-corrected chi connectivity index (χ0v) is 14.4. The average Bonchev–Trinajstić information content (AvgIpc) is 2.92. The first-order valence-electron chi connectivity index (χ1n) is 8.03. The number of nitrogens with zero attached hydrogens (tertiary/aromatic N) is 1. The van der Waals surface area contributed by atoms with Crippen molar-refractivity contribution in [3.63, 3.8) is 0 Å². The van der Waals surface area contributed by atoms with E-state index < -0.39 is 11.7 Å². The predicted octanol–water partition coefficient (Wildman–Crippen LogP) is 3.32. The van der Waals surface area contributed by atoms with Crippen LogP contribution >= 0.6 is 0 Å². The van der Waals surface area contributed by atoms with Crippen LogP contribution in [0.1, 0.15) is 58.5 Å². The Kier molecular flexibility index (Phi) is 7.63. The maximum absolute atomic E-state index is 11.7. The Bertz CT molecular complexity index is 526. The molecule has 1 amide bonds. The van der Waals surface area contributed by atoms with Crippen LogP contribution in [0, 0.1) is 11.3 Å². The highest BCUT2D eigenvalue weighted by molar-refractivity contribution is 5.67. The van der Waals surface area contributed by atoms with Gasteiger partial charge in [0.05, 0.1) is 6.54 Å². The molecule has 0 aromatic carbocycles. The first-order chi connectivity index (χ1) is 10.8. The minimum atomic E-state index is -0.502. The van der Waals surface area contributed by atoms with Crippen molar-refractivity contribution in [2.45, 2.75) is 65.1 Å². The lowest BCUT2D eigenvalue weighted by molar-refractivity contribution is 0.0521. The third-order valence-electron chi connectivity index (χ3n) is 3.13. The van der Waals surface area contributed by atoms with E-state index in [2.05, 4.69) is 17.6 Å². The number of nitrogens with one attached hydrogen (secondary N) is 2. The van der Waals surface area contributed by atoms with Gasteiger partial charge in [0.1, 0.15) is 17.4 Å². The van der Waals surface area contributed by atoms with Crippen molar-refractivity contribution >= 4 is 6.09 Å². The number of furan rings is 1. The maximum atomic E-state index is 11.7. The SMILES string of the molecule is CCCCC(CNC(=O)OC(C)(C)C)NCc1ccc(C#N)o1. The largest absolute Gasteiger partial charge is 0.449 e. The van der Waals surface area contributed by atoms with Gasteiger partial charge in [0.2, 0.25) is 5.76 Å². The lowest BCUT2D eigenvalue weighted by Crippen LogP contribution is -2.42. The molecule has 0 saturated carbocycles. The molecule has 1 atom stereocenters. The van der Waals surface area contributed by atoms with E-state index in [9.17, 15) is 4.79 Å². The van der Waals surface area contributed by atoms with E-state index in [4.69, 9.17) is 14.4 Å². The topological polar surface area (TPSA) is 87.3 Å². The zero-order valence-electron chi connectivity index (χ0n) is 14.4. The number of nitriles is 1. The number of hydrogen-bond donors (Lipinski definition) is 2. The Morgan fingerprint density at radius 3 is 2.74 bits per heavy atom. The summed E-state index contributed by atoms with van der Waals surface area (Å²) in [6.45, 7) is 8.64. The Hall–Kier alpha value is -2.00. The molecular formula is C17H27N3O3. The predicted molar refractivity (Wildman–Crippen MR) is 87.8 cm³/mol. The summed E-state index contributed by atoms with van der Waals surface area (Å²) in [4.78, 5) is 11.7. The van der Waals surface area contributed by atoms with Crippen LogP contribution < -0.4 is 10.6 Å². The van der Waals surface area contributed by atoms with Gasteiger partial charge in [-0.1, -0.05) is 19.8 Å². The van der Waals surface area contributed by atoms with Crippen LogP contribution in [0.3, 0.4) is 0 Å². The first-order valence-corrected chi connectivity index (χ1v) is 8.03. The van der Waals surface area contributed by atoms with E-state index in [-0.39, 0.29) is 6.04 Å². The fraction of sp³-hybridized carbons (Fsp3) is 0.647. The van der Waals surface area contributed by atoms with Crippen molar-refractivity contribution in [3.8, 4) is 6.07 Å². The summed E-state index contributed by atoms with van der Waals surface area (Å²) in [7, 11) is 0. The van der Waals surface area contributed by atoms with Gasteiger partial charge in [-0.05, 0) is 39.3 Å². The van der Waals surface area contributed by atoms with Crippen molar-refractivity contribution in [2.75, 3.05) is 6.54 Å². The number of carbonyl (C=O) groups is 1. The van der Waals surface area contributed by atoms with Crippen molar-refractivity contribution in [1.29, 1.82) is 5.26 Å². The molecular weight excluding hydrogens is 294 g/mol. The monoisotopic (exact) mass is 321 g/mol. The summed E-state index contributed by atoms with van der Waals surface area (Å²) < 4.78 is 10.6. The highest BCUT2D eigenvalue weighted by Crippen LogP contribution is 2.09. The van der Waals surface area contributed by atoms with Gasteiger partial charge in [-0.3, -0.25) is 0 Å². The molecule has 0 spiro atoms. The molecule has 1 unspecified atom stereocenters. The summed E-state index contributed by atoms with van der Waals surface area (Å²) in [6, 6.07) is 5.52. The van der Waals surface area contributed by atoms with Crippen molar-refractivity contribution in [3.05, 3.63) is 23.7 Å². The molecule has 128 valence electrons. The number of alkyl carbamates (subject to hydrolysis) is 1. The zero-order chi connectivity index (χ0) is 17.3. The molecule has 0 aliphatic carbocycles. The number of amides is 1. The maximum Gasteiger partial charge on any atom is 0.407 e. The quantitative estimate of drug-likeness (QED) is 0.767. The standard InChI is InChI=1S/C17H27N3O3/c1-5-6-7-13(11-20-16(21)23-17(2,3)4)19-12-15-9-8-14(10-18)22-15/h8-9,13,19H,5-7,11-12H2,1-4H3,(H,20,21). The Balaban J connectivity index is 2.45. The van der Waals surface area contributed by atoms with E-state index in [1.54, 1.807) is 12.1 Å². The molecule has 0 radical (unpaired) electrons. The molecule has 0 saturated heterocycles. The molecule has 23 heavy (non-hydrogen) atoms. The van der Waals surface area contributed by atoms with Gasteiger partial charge >= 0.3 is 6.09 Å². The molecule has 0 aliphatic rings. The van der Waals surface area contributed by atoms with Crippen molar-refractivity contribution < 1.29 is 13.9 Å². The number of unbranched alkanes of at least 4 members (excludes halogenated alkanes) is 1. The minimum Gasteiger partial charge on any atom is -0.449 e. The number of rotatable bonds is 8. The van der Waals surface area contributed by atoms with Crippen LogP contribution in [0.5, 0.6) is 0 Å². The number of carbonyl (C=O) groups excluding carboxylic acids is 1. The van der Waals surface area contributed by atoms with E-state index >= 15 is 0 Å². The normalized spacial score (nSPS) is 12.5. The third kappa shape index (κ3) is 8.27. The second kappa shape index (κ2) is 9.21. The molecule has 6 nitrogen and oxygen atoms in total. The van der Waals surface area contributed by atoms with E-state index in [1.807, 2.05) is 26.8 Å². The van der Waals surface area contributed by atoms with Gasteiger partial charge in [-0.25, -0.2) is 4.79 Å². The van der Waals surface area contributed by atoms with Crippen LogP contribution in [0.15, 0.2) is 16.5 Å². The Morgan fingerprint density at radius 2 is 2.17 bits per heavy atom. The second-order valence-corrected chi connectivity index (χ2v) is 6.48. The fourth-order valence-corrected chi connectivity index (χ4v) is 2.03.